The fourth-order valence-corrected chi connectivity index (χ4v) is 2.44. The molecule has 0 aromatic rings. The van der Waals surface area contributed by atoms with Gasteiger partial charge in [0.1, 0.15) is 0 Å². The quantitative estimate of drug-likeness (QED) is 0.815. The minimum absolute atomic E-state index is 0. The second-order valence-electron chi connectivity index (χ2n) is 8.96. The van der Waals surface area contributed by atoms with Crippen LogP contribution >= 0.6 is 0 Å². The van der Waals surface area contributed by atoms with E-state index in [0.717, 1.165) is 0 Å². The maximum absolute atomic E-state index is 2.35. The van der Waals surface area contributed by atoms with Gasteiger partial charge < -0.3 is 10.4 Å². The highest BCUT2D eigenvalue weighted by atomic mass is 16.0. The molecule has 0 atom stereocenters. The second-order valence-corrected chi connectivity index (χ2v) is 8.96. The van der Waals surface area contributed by atoms with Crippen LogP contribution in [-0.4, -0.2) is 25.1 Å². The molecule has 17 heavy (non-hydrogen) atoms. The SMILES string of the molecule is CC(C)(C)C[NH+](CC(C)(C)C)CC(C)(C)C.[OH-]. The van der Waals surface area contributed by atoms with Crippen molar-refractivity contribution in [2.45, 2.75) is 62.3 Å². The van der Waals surface area contributed by atoms with E-state index >= 15 is 0 Å². The Labute approximate surface area is 109 Å². The molecular formula is C15H35NO. The molecule has 2 N–H and O–H groups in total. The Morgan fingerprint density at radius 2 is 0.706 bits per heavy atom. The minimum Gasteiger partial charge on any atom is -0.870 e. The predicted octanol–water partition coefficient (Wildman–Crippen LogP) is 2.83. The van der Waals surface area contributed by atoms with E-state index in [-0.39, 0.29) is 5.48 Å². The Balaban J connectivity index is 0. The van der Waals surface area contributed by atoms with Crippen molar-refractivity contribution in [3.05, 3.63) is 0 Å². The van der Waals surface area contributed by atoms with Gasteiger partial charge in [-0.05, 0) is 0 Å². The van der Waals surface area contributed by atoms with Crippen LogP contribution < -0.4 is 4.90 Å². The monoisotopic (exact) mass is 245 g/mol. The number of rotatable bonds is 3. The Kier molecular flexibility index (Phi) is 7.02. The third kappa shape index (κ3) is 13.9. The summed E-state index contributed by atoms with van der Waals surface area (Å²) in [5.41, 5.74) is 1.27. The molecule has 2 nitrogen and oxygen atoms in total. The topological polar surface area (TPSA) is 34.4 Å². The van der Waals surface area contributed by atoms with E-state index in [1.54, 1.807) is 4.90 Å². The molecule has 0 rings (SSSR count). The van der Waals surface area contributed by atoms with Gasteiger partial charge in [0.15, 0.2) is 0 Å². The highest BCUT2D eigenvalue weighted by Gasteiger charge is 2.28. The van der Waals surface area contributed by atoms with E-state index in [4.69, 9.17) is 0 Å². The summed E-state index contributed by atoms with van der Waals surface area (Å²) in [7, 11) is 0. The second kappa shape index (κ2) is 6.19. The molecule has 0 fully saturated rings. The van der Waals surface area contributed by atoms with Crippen LogP contribution in [0.1, 0.15) is 62.3 Å². The summed E-state index contributed by atoms with van der Waals surface area (Å²) in [6, 6.07) is 0. The Bertz CT molecular complexity index is 164. The lowest BCUT2D eigenvalue weighted by Crippen LogP contribution is -3.15. The fraction of sp³-hybridized carbons (Fsp3) is 1.00. The lowest BCUT2D eigenvalue weighted by molar-refractivity contribution is -0.918. The zero-order valence-electron chi connectivity index (χ0n) is 13.6. The van der Waals surface area contributed by atoms with Crippen LogP contribution in [0.15, 0.2) is 0 Å². The van der Waals surface area contributed by atoms with Gasteiger partial charge in [0.25, 0.3) is 0 Å². The number of hydrogen-bond acceptors (Lipinski definition) is 1. The van der Waals surface area contributed by atoms with Crippen molar-refractivity contribution in [2.24, 2.45) is 16.2 Å². The van der Waals surface area contributed by atoms with Crippen molar-refractivity contribution < 1.29 is 10.4 Å². The summed E-state index contributed by atoms with van der Waals surface area (Å²) >= 11 is 0. The van der Waals surface area contributed by atoms with Gasteiger partial charge >= 0.3 is 0 Å². The maximum Gasteiger partial charge on any atom is 0.0820 e. The molecule has 0 heterocycles. The van der Waals surface area contributed by atoms with E-state index in [1.807, 2.05) is 0 Å². The standard InChI is InChI=1S/C15H33N.H2O/c1-13(2,3)10-16(11-14(4,5)6)12-15(7,8)9;/h10-12H2,1-9H3;1H2. The van der Waals surface area contributed by atoms with Crippen molar-refractivity contribution >= 4 is 0 Å². The summed E-state index contributed by atoms with van der Waals surface area (Å²) in [4.78, 5) is 1.74. The van der Waals surface area contributed by atoms with Gasteiger partial charge in [-0.25, -0.2) is 0 Å². The Morgan fingerprint density at radius 1 is 0.529 bits per heavy atom. The van der Waals surface area contributed by atoms with E-state index in [2.05, 4.69) is 62.3 Å². The zero-order chi connectivity index (χ0) is 13.2. The van der Waals surface area contributed by atoms with Gasteiger partial charge in [-0.2, -0.15) is 0 Å². The molecule has 0 radical (unpaired) electrons. The highest BCUT2D eigenvalue weighted by Crippen LogP contribution is 2.14. The van der Waals surface area contributed by atoms with Crippen LogP contribution in [0.25, 0.3) is 0 Å². The Morgan fingerprint density at radius 3 is 0.824 bits per heavy atom. The Hall–Kier alpha value is -0.0800. The molecule has 0 aliphatic heterocycles. The molecule has 0 aliphatic rings. The number of nitrogens with one attached hydrogen (secondary N) is 1. The van der Waals surface area contributed by atoms with Crippen LogP contribution in [0.4, 0.5) is 0 Å². The lowest BCUT2D eigenvalue weighted by Gasteiger charge is -2.35. The van der Waals surface area contributed by atoms with Crippen molar-refractivity contribution in [3.8, 4) is 0 Å². The molecule has 0 spiro atoms. The van der Waals surface area contributed by atoms with E-state index in [1.165, 1.54) is 19.6 Å². The fourth-order valence-electron chi connectivity index (χ4n) is 2.44. The molecule has 0 aliphatic carbocycles. The first-order chi connectivity index (χ1) is 6.79. The van der Waals surface area contributed by atoms with Crippen LogP contribution in [0.3, 0.4) is 0 Å². The first-order valence-electron chi connectivity index (χ1n) is 6.62. The average molecular weight is 245 g/mol. The van der Waals surface area contributed by atoms with Gasteiger partial charge in [-0.15, -0.1) is 0 Å². The third-order valence-electron chi connectivity index (χ3n) is 2.34. The maximum atomic E-state index is 2.35. The van der Waals surface area contributed by atoms with E-state index < -0.39 is 0 Å². The van der Waals surface area contributed by atoms with Crippen molar-refractivity contribution in [3.63, 3.8) is 0 Å². The first-order valence-corrected chi connectivity index (χ1v) is 6.62. The summed E-state index contributed by atoms with van der Waals surface area (Å²) in [6.07, 6.45) is 0. The average Bonchev–Trinajstić information content (AvgIpc) is 1.70. The van der Waals surface area contributed by atoms with Gasteiger partial charge in [-0.1, -0.05) is 62.3 Å². The molecule has 0 aromatic heterocycles. The van der Waals surface area contributed by atoms with Crippen molar-refractivity contribution in [1.82, 2.24) is 0 Å². The van der Waals surface area contributed by atoms with Gasteiger partial charge in [0, 0.05) is 16.2 Å². The first kappa shape index (κ1) is 19.3. The molecule has 2 heteroatoms. The third-order valence-corrected chi connectivity index (χ3v) is 2.34. The largest absolute Gasteiger partial charge is 0.870 e. The molecule has 0 saturated carbocycles. The van der Waals surface area contributed by atoms with Crippen LogP contribution in [0.2, 0.25) is 0 Å². The van der Waals surface area contributed by atoms with Gasteiger partial charge in [0.05, 0.1) is 19.6 Å². The highest BCUT2D eigenvalue weighted by molar-refractivity contribution is 4.65. The molecule has 0 bridgehead atoms. The number of quaternary nitrogens is 1. The summed E-state index contributed by atoms with van der Waals surface area (Å²) in [5.74, 6) is 0. The molecule has 0 aromatic carbocycles. The van der Waals surface area contributed by atoms with Crippen molar-refractivity contribution in [2.75, 3.05) is 19.6 Å². The summed E-state index contributed by atoms with van der Waals surface area (Å²) < 4.78 is 0. The zero-order valence-corrected chi connectivity index (χ0v) is 13.6. The van der Waals surface area contributed by atoms with E-state index in [0.29, 0.717) is 16.2 Å². The minimum atomic E-state index is 0. The molecule has 0 unspecified atom stereocenters. The predicted molar refractivity (Wildman–Crippen MR) is 75.9 cm³/mol. The van der Waals surface area contributed by atoms with Gasteiger partial charge in [-0.3, -0.25) is 0 Å². The molecular weight excluding hydrogens is 210 g/mol. The molecule has 0 amide bonds. The molecule has 106 valence electrons. The van der Waals surface area contributed by atoms with Crippen LogP contribution in [0.5, 0.6) is 0 Å². The summed E-state index contributed by atoms with van der Waals surface area (Å²) in [6.45, 7) is 24.9. The normalized spacial score (nSPS) is 13.8. The van der Waals surface area contributed by atoms with Gasteiger partial charge in [0.2, 0.25) is 0 Å². The van der Waals surface area contributed by atoms with E-state index in [9.17, 15) is 0 Å². The molecule has 0 saturated heterocycles. The van der Waals surface area contributed by atoms with Crippen LogP contribution in [-0.2, 0) is 0 Å². The smallest absolute Gasteiger partial charge is 0.0820 e. The lowest BCUT2D eigenvalue weighted by atomic mass is 9.89. The van der Waals surface area contributed by atoms with Crippen molar-refractivity contribution in [1.29, 1.82) is 0 Å². The van der Waals surface area contributed by atoms with Crippen LogP contribution in [0, 0.1) is 16.2 Å². The number of hydrogen-bond donors (Lipinski definition) is 1. The summed E-state index contributed by atoms with van der Waals surface area (Å²) in [5, 5.41) is 0.